The molecule has 1 saturated heterocycles. The lowest BCUT2D eigenvalue weighted by molar-refractivity contribution is -0.142. The Kier molecular flexibility index (Phi) is 8.30. The third kappa shape index (κ3) is 4.77. The van der Waals surface area contributed by atoms with Crippen molar-refractivity contribution in [1.29, 1.82) is 0 Å². The van der Waals surface area contributed by atoms with E-state index in [9.17, 15) is 13.2 Å². The molecule has 2 aliphatic rings. The second kappa shape index (κ2) is 11.7. The lowest BCUT2D eigenvalue weighted by atomic mass is 9.79. The molecule has 2 atom stereocenters. The second-order valence-corrected chi connectivity index (χ2v) is 12.7. The van der Waals surface area contributed by atoms with Gasteiger partial charge in [-0.05, 0) is 55.3 Å². The average molecular weight is 629 g/mol. The minimum Gasteiger partial charge on any atom is -0.497 e. The highest BCUT2D eigenvalue weighted by Gasteiger charge is 2.63. The van der Waals surface area contributed by atoms with Crippen molar-refractivity contribution in [3.63, 3.8) is 0 Å². The van der Waals surface area contributed by atoms with Crippen molar-refractivity contribution in [3.8, 4) is 17.4 Å². The molecule has 5 rings (SSSR count). The van der Waals surface area contributed by atoms with Crippen molar-refractivity contribution in [2.24, 2.45) is 0 Å². The monoisotopic (exact) mass is 628 g/mol. The Morgan fingerprint density at radius 3 is 2.47 bits per heavy atom. The first-order chi connectivity index (χ1) is 20.5. The number of piperidine rings is 1. The average Bonchev–Trinajstić information content (AvgIpc) is 3.28. The molecule has 0 aliphatic carbocycles. The summed E-state index contributed by atoms with van der Waals surface area (Å²) in [5, 5.41) is 0.285. The molecular formula is C30H33ClN4O7S. The molecule has 0 bridgehead atoms. The SMILES string of the molecule is COc1ccc(S(=O)(=O)N2C(=O)C(c3cccnc3OC)(N3CCCC[C@H]3C(=O)N(C)C)c3cc(Cl)ccc32)c(OC)c1. The quantitative estimate of drug-likeness (QED) is 0.368. The number of amides is 2. The van der Waals surface area contributed by atoms with Crippen LogP contribution in [0.5, 0.6) is 17.4 Å². The summed E-state index contributed by atoms with van der Waals surface area (Å²) in [6.45, 7) is 0.319. The normalized spacial score (nSPS) is 20.5. The van der Waals surface area contributed by atoms with Crippen LogP contribution in [0.2, 0.25) is 5.02 Å². The van der Waals surface area contributed by atoms with Gasteiger partial charge in [0.15, 0.2) is 5.54 Å². The number of pyridine rings is 1. The number of likely N-dealkylation sites (tertiary alicyclic amines) is 1. The number of aromatic nitrogens is 1. The molecular weight excluding hydrogens is 596 g/mol. The summed E-state index contributed by atoms with van der Waals surface area (Å²) in [7, 11) is 2.92. The number of methoxy groups -OCH3 is 3. The predicted octanol–water partition coefficient (Wildman–Crippen LogP) is 3.68. The fourth-order valence-corrected chi connectivity index (χ4v) is 7.85. The van der Waals surface area contributed by atoms with E-state index in [4.69, 9.17) is 25.8 Å². The number of nitrogens with zero attached hydrogens (tertiary/aromatic N) is 4. The number of anilines is 1. The van der Waals surface area contributed by atoms with Crippen LogP contribution < -0.4 is 18.5 Å². The Bertz CT molecular complexity index is 1680. The number of halogens is 1. The van der Waals surface area contributed by atoms with E-state index >= 15 is 4.79 Å². The summed E-state index contributed by atoms with van der Waals surface area (Å²) >= 11 is 6.55. The molecule has 1 aromatic heterocycles. The van der Waals surface area contributed by atoms with Crippen molar-refractivity contribution in [2.45, 2.75) is 35.7 Å². The summed E-state index contributed by atoms with van der Waals surface area (Å²) in [6, 6.07) is 11.4. The molecule has 11 nitrogen and oxygen atoms in total. The van der Waals surface area contributed by atoms with E-state index in [1.807, 2.05) is 0 Å². The topological polar surface area (TPSA) is 119 Å². The predicted molar refractivity (Wildman–Crippen MR) is 160 cm³/mol. The number of likely N-dealkylation sites (N-methyl/N-ethyl adjacent to an activating group) is 1. The molecule has 1 fully saturated rings. The minimum atomic E-state index is -4.60. The Labute approximate surface area is 256 Å². The number of rotatable bonds is 8. The maximum atomic E-state index is 15.2. The van der Waals surface area contributed by atoms with Crippen molar-refractivity contribution in [2.75, 3.05) is 46.3 Å². The second-order valence-electron chi connectivity index (χ2n) is 10.5. The van der Waals surface area contributed by atoms with E-state index in [0.717, 1.165) is 10.7 Å². The molecule has 3 heterocycles. The van der Waals surface area contributed by atoms with Gasteiger partial charge in [0.2, 0.25) is 11.8 Å². The summed E-state index contributed by atoms with van der Waals surface area (Å²) in [6.07, 6.45) is 3.40. The Morgan fingerprint density at radius 2 is 1.79 bits per heavy atom. The molecule has 2 aromatic carbocycles. The van der Waals surface area contributed by atoms with Crippen LogP contribution in [0.15, 0.2) is 59.6 Å². The molecule has 228 valence electrons. The lowest BCUT2D eigenvalue weighted by Crippen LogP contribution is -2.62. The third-order valence-electron chi connectivity index (χ3n) is 7.96. The first-order valence-corrected chi connectivity index (χ1v) is 15.4. The van der Waals surface area contributed by atoms with Crippen molar-refractivity contribution in [3.05, 3.63) is 70.9 Å². The van der Waals surface area contributed by atoms with Crippen LogP contribution >= 0.6 is 11.6 Å². The lowest BCUT2D eigenvalue weighted by Gasteiger charge is -2.47. The van der Waals surface area contributed by atoms with Crippen LogP contribution in [0.1, 0.15) is 30.4 Å². The maximum absolute atomic E-state index is 15.2. The highest BCUT2D eigenvalue weighted by atomic mass is 35.5. The summed E-state index contributed by atoms with van der Waals surface area (Å²) in [4.78, 5) is 36.3. The minimum absolute atomic E-state index is 0.00208. The highest BCUT2D eigenvalue weighted by molar-refractivity contribution is 7.93. The number of benzene rings is 2. The van der Waals surface area contributed by atoms with Gasteiger partial charge in [-0.2, -0.15) is 0 Å². The fourth-order valence-electron chi connectivity index (χ4n) is 6.08. The molecule has 3 aromatic rings. The van der Waals surface area contributed by atoms with Gasteiger partial charge in [0, 0.05) is 49.1 Å². The van der Waals surface area contributed by atoms with Crippen molar-refractivity contribution < 1.29 is 32.2 Å². The van der Waals surface area contributed by atoms with E-state index in [1.54, 1.807) is 37.2 Å². The van der Waals surface area contributed by atoms with Crippen LogP contribution in [-0.4, -0.2) is 83.0 Å². The molecule has 0 N–H and O–H groups in total. The first kappa shape index (κ1) is 30.6. The number of ether oxygens (including phenoxy) is 3. The van der Waals surface area contributed by atoms with Gasteiger partial charge >= 0.3 is 0 Å². The molecule has 0 saturated carbocycles. The standard InChI is InChI=1S/C30H33ClN4O7S/c1-33(2)28(36)24-10-6-7-16-34(24)30(21-9-8-15-32-27(21)42-5)22-17-19(31)11-13-23(22)35(29(30)37)43(38,39)26-14-12-20(40-3)18-25(26)41-4/h8-9,11-15,17-18,24H,6-7,10,16H2,1-5H3/t24-,30?/m0/s1. The number of carbonyl (C=O) groups is 2. The van der Waals surface area contributed by atoms with Crippen LogP contribution in [0.3, 0.4) is 0 Å². The van der Waals surface area contributed by atoms with Gasteiger partial charge in [0.05, 0.1) is 33.1 Å². The van der Waals surface area contributed by atoms with Crippen LogP contribution in [-0.2, 0) is 25.2 Å². The molecule has 0 spiro atoms. The van der Waals surface area contributed by atoms with Gasteiger partial charge in [0.25, 0.3) is 15.9 Å². The van der Waals surface area contributed by atoms with E-state index in [2.05, 4.69) is 4.98 Å². The Morgan fingerprint density at radius 1 is 1.02 bits per heavy atom. The number of carbonyl (C=O) groups excluding carboxylic acids is 2. The Hall–Kier alpha value is -3.87. The molecule has 2 aliphatic heterocycles. The third-order valence-corrected chi connectivity index (χ3v) is 9.94. The summed E-state index contributed by atoms with van der Waals surface area (Å²) in [5.41, 5.74) is -1.14. The van der Waals surface area contributed by atoms with Crippen LogP contribution in [0, 0.1) is 0 Å². The molecule has 43 heavy (non-hydrogen) atoms. The molecule has 0 radical (unpaired) electrons. The number of fused-ring (bicyclic) bond motifs is 1. The largest absolute Gasteiger partial charge is 0.497 e. The number of sulfonamides is 1. The number of hydrogen-bond donors (Lipinski definition) is 0. The molecule has 2 amide bonds. The van der Waals surface area contributed by atoms with E-state index < -0.39 is 27.5 Å². The highest BCUT2D eigenvalue weighted by Crippen LogP contribution is 2.54. The van der Waals surface area contributed by atoms with Crippen molar-refractivity contribution in [1.82, 2.24) is 14.8 Å². The van der Waals surface area contributed by atoms with E-state index in [-0.39, 0.29) is 33.1 Å². The zero-order valence-electron chi connectivity index (χ0n) is 24.5. The zero-order chi connectivity index (χ0) is 31.1. The fraction of sp³-hybridized carbons (Fsp3) is 0.367. The summed E-state index contributed by atoms with van der Waals surface area (Å²) < 4.78 is 46.2. The Balaban J connectivity index is 1.86. The smallest absolute Gasteiger partial charge is 0.274 e. The van der Waals surface area contributed by atoms with E-state index in [1.165, 1.54) is 62.8 Å². The van der Waals surface area contributed by atoms with Crippen LogP contribution in [0.4, 0.5) is 5.69 Å². The summed E-state index contributed by atoms with van der Waals surface area (Å²) in [5.74, 6) is -0.533. The van der Waals surface area contributed by atoms with Gasteiger partial charge in [-0.15, -0.1) is 0 Å². The van der Waals surface area contributed by atoms with Crippen LogP contribution in [0.25, 0.3) is 0 Å². The first-order valence-electron chi connectivity index (χ1n) is 13.6. The van der Waals surface area contributed by atoms with E-state index in [0.29, 0.717) is 36.3 Å². The maximum Gasteiger partial charge on any atom is 0.274 e. The van der Waals surface area contributed by atoms with Crippen molar-refractivity contribution >= 4 is 39.1 Å². The number of hydrogen-bond acceptors (Lipinski definition) is 9. The van der Waals surface area contributed by atoms with Gasteiger partial charge in [-0.1, -0.05) is 18.0 Å². The van der Waals surface area contributed by atoms with Gasteiger partial charge in [-0.3, -0.25) is 14.5 Å². The molecule has 1 unspecified atom stereocenters. The van der Waals surface area contributed by atoms with Gasteiger partial charge in [0.1, 0.15) is 16.4 Å². The van der Waals surface area contributed by atoms with Gasteiger partial charge in [-0.25, -0.2) is 17.7 Å². The molecule has 13 heteroatoms. The van der Waals surface area contributed by atoms with Gasteiger partial charge < -0.3 is 19.1 Å². The zero-order valence-corrected chi connectivity index (χ0v) is 26.1.